The molecule has 2 N–H and O–H groups in total. The summed E-state index contributed by atoms with van der Waals surface area (Å²) in [5, 5.41) is 18.9. The van der Waals surface area contributed by atoms with Crippen molar-refractivity contribution in [1.29, 1.82) is 0 Å². The Bertz CT molecular complexity index is 612. The molecule has 0 saturated carbocycles. The van der Waals surface area contributed by atoms with Crippen molar-refractivity contribution in [2.24, 2.45) is 0 Å². The number of benzene rings is 1. The van der Waals surface area contributed by atoms with Crippen molar-refractivity contribution in [3.63, 3.8) is 0 Å². The maximum Gasteiger partial charge on any atom is 0.246 e. The smallest absolute Gasteiger partial charge is 0.246 e. The molecule has 0 saturated heterocycles. The molecular formula is C13H15FN4O2. The van der Waals surface area contributed by atoms with Gasteiger partial charge in [0.1, 0.15) is 12.4 Å². The Morgan fingerprint density at radius 3 is 3.00 bits per heavy atom. The third-order valence-electron chi connectivity index (χ3n) is 2.72. The average Bonchev–Trinajstić information content (AvgIpc) is 2.81. The van der Waals surface area contributed by atoms with E-state index < -0.39 is 0 Å². The van der Waals surface area contributed by atoms with E-state index in [1.165, 1.54) is 10.7 Å². The van der Waals surface area contributed by atoms with Crippen LogP contribution in [0.25, 0.3) is 0 Å². The van der Waals surface area contributed by atoms with E-state index in [2.05, 4.69) is 15.6 Å². The number of aryl methyl sites for hydroxylation is 1. The topological polar surface area (TPSA) is 80.0 Å². The number of nitrogens with one attached hydrogen (secondary N) is 1. The fourth-order valence-electron chi connectivity index (χ4n) is 1.66. The van der Waals surface area contributed by atoms with Gasteiger partial charge >= 0.3 is 0 Å². The second-order valence-corrected chi connectivity index (χ2v) is 4.39. The van der Waals surface area contributed by atoms with Gasteiger partial charge in [-0.1, -0.05) is 11.3 Å². The lowest BCUT2D eigenvalue weighted by Crippen LogP contribution is -2.19. The highest BCUT2D eigenvalue weighted by Gasteiger charge is 2.07. The van der Waals surface area contributed by atoms with E-state index >= 15 is 0 Å². The molecule has 0 aliphatic heterocycles. The molecule has 1 aromatic heterocycles. The van der Waals surface area contributed by atoms with Gasteiger partial charge in [-0.3, -0.25) is 4.79 Å². The number of hydrogen-bond acceptors (Lipinski definition) is 4. The van der Waals surface area contributed by atoms with Gasteiger partial charge in [-0.25, -0.2) is 9.07 Å². The fourth-order valence-corrected chi connectivity index (χ4v) is 1.66. The van der Waals surface area contributed by atoms with Crippen LogP contribution in [0.4, 0.5) is 10.1 Å². The molecule has 106 valence electrons. The third-order valence-corrected chi connectivity index (χ3v) is 2.72. The summed E-state index contributed by atoms with van der Waals surface area (Å²) in [6, 6.07) is 4.50. The highest BCUT2D eigenvalue weighted by molar-refractivity contribution is 5.90. The largest absolute Gasteiger partial charge is 0.396 e. The maximum absolute atomic E-state index is 13.3. The van der Waals surface area contributed by atoms with Crippen LogP contribution >= 0.6 is 0 Å². The number of aromatic nitrogens is 3. The molecule has 1 aromatic carbocycles. The number of rotatable bonds is 5. The van der Waals surface area contributed by atoms with Gasteiger partial charge in [0.25, 0.3) is 0 Å². The SMILES string of the molecule is Cc1ccc(NC(=O)Cn2cc(CCO)nn2)cc1F. The van der Waals surface area contributed by atoms with Crippen molar-refractivity contribution in [2.45, 2.75) is 19.9 Å². The molecule has 0 unspecified atom stereocenters. The Morgan fingerprint density at radius 2 is 2.30 bits per heavy atom. The van der Waals surface area contributed by atoms with Gasteiger partial charge in [0.2, 0.25) is 5.91 Å². The molecule has 0 aliphatic rings. The molecule has 0 fully saturated rings. The summed E-state index contributed by atoms with van der Waals surface area (Å²) < 4.78 is 14.7. The summed E-state index contributed by atoms with van der Waals surface area (Å²) >= 11 is 0. The van der Waals surface area contributed by atoms with Crippen LogP contribution in [0.1, 0.15) is 11.3 Å². The number of aliphatic hydroxyl groups is 1. The van der Waals surface area contributed by atoms with Crippen LogP contribution in [0, 0.1) is 12.7 Å². The predicted molar refractivity (Wildman–Crippen MR) is 70.6 cm³/mol. The Kier molecular flexibility index (Phi) is 4.41. The van der Waals surface area contributed by atoms with Gasteiger partial charge < -0.3 is 10.4 Å². The van der Waals surface area contributed by atoms with E-state index in [0.29, 0.717) is 23.4 Å². The molecule has 2 rings (SSSR count). The Labute approximate surface area is 115 Å². The van der Waals surface area contributed by atoms with Crippen LogP contribution < -0.4 is 5.32 Å². The average molecular weight is 278 g/mol. The molecule has 20 heavy (non-hydrogen) atoms. The van der Waals surface area contributed by atoms with Gasteiger partial charge in [0.05, 0.1) is 5.69 Å². The maximum atomic E-state index is 13.3. The number of hydrogen-bond donors (Lipinski definition) is 2. The number of halogens is 1. The van der Waals surface area contributed by atoms with E-state index in [1.54, 1.807) is 25.3 Å². The minimum Gasteiger partial charge on any atom is -0.396 e. The number of nitrogens with zero attached hydrogens (tertiary/aromatic N) is 3. The molecule has 6 nitrogen and oxygen atoms in total. The second-order valence-electron chi connectivity index (χ2n) is 4.39. The van der Waals surface area contributed by atoms with E-state index in [-0.39, 0.29) is 24.9 Å². The number of amides is 1. The summed E-state index contributed by atoms with van der Waals surface area (Å²) in [4.78, 5) is 11.8. The monoisotopic (exact) mass is 278 g/mol. The van der Waals surface area contributed by atoms with E-state index in [4.69, 9.17) is 5.11 Å². The molecule has 0 bridgehead atoms. The van der Waals surface area contributed by atoms with Crippen molar-refractivity contribution < 1.29 is 14.3 Å². The zero-order valence-corrected chi connectivity index (χ0v) is 11.0. The van der Waals surface area contributed by atoms with Crippen molar-refractivity contribution in [1.82, 2.24) is 15.0 Å². The first-order valence-corrected chi connectivity index (χ1v) is 6.14. The van der Waals surface area contributed by atoms with E-state index in [9.17, 15) is 9.18 Å². The van der Waals surface area contributed by atoms with E-state index in [1.807, 2.05) is 0 Å². The molecule has 0 aliphatic carbocycles. The van der Waals surface area contributed by atoms with Gasteiger partial charge in [-0.2, -0.15) is 0 Å². The molecular weight excluding hydrogens is 263 g/mol. The van der Waals surface area contributed by atoms with Crippen molar-refractivity contribution >= 4 is 11.6 Å². The predicted octanol–water partition coefficient (Wildman–Crippen LogP) is 0.899. The number of carbonyl (C=O) groups excluding carboxylic acids is 1. The summed E-state index contributed by atoms with van der Waals surface area (Å²) in [5.74, 6) is -0.692. The fraction of sp³-hybridized carbons (Fsp3) is 0.308. The van der Waals surface area contributed by atoms with Crippen molar-refractivity contribution in [2.75, 3.05) is 11.9 Å². The molecule has 1 amide bonds. The summed E-state index contributed by atoms with van der Waals surface area (Å²) in [7, 11) is 0. The van der Waals surface area contributed by atoms with Gasteiger partial charge in [-0.05, 0) is 24.6 Å². The standard InChI is InChI=1S/C13H15FN4O2/c1-9-2-3-10(6-12(9)14)15-13(20)8-18-7-11(4-5-19)16-17-18/h2-3,6-7,19H,4-5,8H2,1H3,(H,15,20). The highest BCUT2D eigenvalue weighted by Crippen LogP contribution is 2.13. The lowest BCUT2D eigenvalue weighted by atomic mass is 10.2. The summed E-state index contributed by atoms with van der Waals surface area (Å²) in [5.41, 5.74) is 1.53. The second kappa shape index (κ2) is 6.25. The van der Waals surface area contributed by atoms with Gasteiger partial charge in [-0.15, -0.1) is 5.10 Å². The first-order chi connectivity index (χ1) is 9.58. The molecule has 0 spiro atoms. The van der Waals surface area contributed by atoms with Crippen molar-refractivity contribution in [3.05, 3.63) is 41.5 Å². The minimum atomic E-state index is -0.367. The molecule has 0 radical (unpaired) electrons. The zero-order chi connectivity index (χ0) is 14.5. The van der Waals surface area contributed by atoms with Crippen LogP contribution in [-0.4, -0.2) is 32.6 Å². The number of aliphatic hydroxyl groups excluding tert-OH is 1. The lowest BCUT2D eigenvalue weighted by Gasteiger charge is -2.06. The Hall–Kier alpha value is -2.28. The van der Waals surface area contributed by atoms with Crippen LogP contribution in [0.5, 0.6) is 0 Å². The quantitative estimate of drug-likeness (QED) is 0.851. The van der Waals surface area contributed by atoms with Crippen LogP contribution in [-0.2, 0) is 17.8 Å². The normalized spacial score (nSPS) is 10.6. The number of anilines is 1. The van der Waals surface area contributed by atoms with Crippen molar-refractivity contribution in [3.8, 4) is 0 Å². The van der Waals surface area contributed by atoms with Gasteiger partial charge in [0, 0.05) is 24.9 Å². The lowest BCUT2D eigenvalue weighted by molar-refractivity contribution is -0.116. The zero-order valence-electron chi connectivity index (χ0n) is 11.0. The van der Waals surface area contributed by atoms with Gasteiger partial charge in [0.15, 0.2) is 0 Å². The number of carbonyl (C=O) groups is 1. The van der Waals surface area contributed by atoms with Crippen LogP contribution in [0.15, 0.2) is 24.4 Å². The van der Waals surface area contributed by atoms with E-state index in [0.717, 1.165) is 0 Å². The molecule has 1 heterocycles. The molecule has 0 atom stereocenters. The van der Waals surface area contributed by atoms with Crippen LogP contribution in [0.2, 0.25) is 0 Å². The first-order valence-electron chi connectivity index (χ1n) is 6.14. The molecule has 7 heteroatoms. The Morgan fingerprint density at radius 1 is 1.50 bits per heavy atom. The highest BCUT2D eigenvalue weighted by atomic mass is 19.1. The third kappa shape index (κ3) is 3.61. The summed E-state index contributed by atoms with van der Waals surface area (Å²) in [6.07, 6.45) is 1.98. The minimum absolute atomic E-state index is 0.0199. The molecule has 2 aromatic rings. The summed E-state index contributed by atoms with van der Waals surface area (Å²) in [6.45, 7) is 1.61. The first kappa shape index (κ1) is 14.1. The van der Waals surface area contributed by atoms with Crippen LogP contribution in [0.3, 0.4) is 0 Å². The Balaban J connectivity index is 1.95.